The Balaban J connectivity index is -0.000000143. The van der Waals surface area contributed by atoms with Gasteiger partial charge >= 0.3 is 29.6 Å². The Kier molecular flexibility index (Phi) is 34.4. The van der Waals surface area contributed by atoms with Crippen molar-refractivity contribution in [1.82, 2.24) is 0 Å². The molecule has 78 valence electrons. The topological polar surface area (TPSA) is 58.9 Å². The van der Waals surface area contributed by atoms with E-state index < -0.39 is 0 Å². The first-order valence-corrected chi connectivity index (χ1v) is 4.20. The molecule has 0 saturated carbocycles. The normalized spacial score (nSPS) is 8.31. The minimum absolute atomic E-state index is 0. The average molecular weight is 204 g/mol. The second kappa shape index (κ2) is 23.0. The monoisotopic (exact) mass is 204 g/mol. The molecule has 0 spiro atoms. The molecule has 0 rings (SSSR count). The first-order chi connectivity index (χ1) is 5.83. The molecule has 0 radical (unpaired) electrons. The molecular formula is C8H21NaO4. The van der Waals surface area contributed by atoms with Crippen LogP contribution in [-0.2, 0) is 9.47 Å². The van der Waals surface area contributed by atoms with Crippen LogP contribution in [0.3, 0.4) is 0 Å². The molecular weight excluding hydrogens is 183 g/mol. The molecule has 0 fully saturated rings. The van der Waals surface area contributed by atoms with Gasteiger partial charge in [0.25, 0.3) is 0 Å². The number of aliphatic hydroxyl groups excluding tert-OH is 2. The molecule has 0 bridgehead atoms. The summed E-state index contributed by atoms with van der Waals surface area (Å²) in [6.45, 7) is 6.39. The maximum atomic E-state index is 8.07. The van der Waals surface area contributed by atoms with E-state index in [1.807, 2.05) is 13.8 Å². The summed E-state index contributed by atoms with van der Waals surface area (Å²) in [5.41, 5.74) is 0. The Morgan fingerprint density at radius 2 is 1.15 bits per heavy atom. The molecule has 0 atom stereocenters. The Morgan fingerprint density at radius 3 is 1.23 bits per heavy atom. The van der Waals surface area contributed by atoms with Crippen LogP contribution in [0.2, 0.25) is 0 Å². The summed E-state index contributed by atoms with van der Waals surface area (Å²) in [6.07, 6.45) is 0. The summed E-state index contributed by atoms with van der Waals surface area (Å²) in [6, 6.07) is 0. The zero-order valence-corrected chi connectivity index (χ0v) is 7.95. The molecule has 5 heteroatoms. The number of ether oxygens (including phenoxy) is 2. The third-order valence-electron chi connectivity index (χ3n) is 0.879. The Bertz CT molecular complexity index is 48.1. The van der Waals surface area contributed by atoms with E-state index >= 15 is 0 Å². The molecule has 2 N–H and O–H groups in total. The molecule has 0 aliphatic heterocycles. The van der Waals surface area contributed by atoms with Crippen LogP contribution >= 0.6 is 0 Å². The number of hydrogen-bond donors (Lipinski definition) is 2. The van der Waals surface area contributed by atoms with Crippen LogP contribution in [-0.4, -0.2) is 79.4 Å². The van der Waals surface area contributed by atoms with Crippen LogP contribution in [0.1, 0.15) is 13.8 Å². The first-order valence-electron chi connectivity index (χ1n) is 4.20. The van der Waals surface area contributed by atoms with Gasteiger partial charge in [0.05, 0.1) is 26.4 Å². The molecule has 0 heterocycles. The number of rotatable bonds is 6. The summed E-state index contributed by atoms with van der Waals surface area (Å²) in [5, 5.41) is 16.1. The summed E-state index contributed by atoms with van der Waals surface area (Å²) in [4.78, 5) is 0. The van der Waals surface area contributed by atoms with Crippen LogP contribution in [0.15, 0.2) is 0 Å². The van der Waals surface area contributed by atoms with Crippen LogP contribution in [0.5, 0.6) is 0 Å². The van der Waals surface area contributed by atoms with Gasteiger partial charge in [-0.1, -0.05) is 0 Å². The van der Waals surface area contributed by atoms with Crippen molar-refractivity contribution in [2.45, 2.75) is 13.8 Å². The third kappa shape index (κ3) is 32.2. The predicted octanol–water partition coefficient (Wildman–Crippen LogP) is -0.618. The van der Waals surface area contributed by atoms with Gasteiger partial charge in [0, 0.05) is 13.2 Å². The van der Waals surface area contributed by atoms with Gasteiger partial charge in [-0.3, -0.25) is 0 Å². The van der Waals surface area contributed by atoms with Crippen LogP contribution in [0, 0.1) is 0 Å². The average Bonchev–Trinajstić information content (AvgIpc) is 2.12. The van der Waals surface area contributed by atoms with E-state index in [4.69, 9.17) is 19.7 Å². The zero-order valence-electron chi connectivity index (χ0n) is 7.95. The minimum atomic E-state index is 0. The quantitative estimate of drug-likeness (QED) is 0.447. The van der Waals surface area contributed by atoms with Crippen LogP contribution in [0.4, 0.5) is 0 Å². The second-order valence-corrected chi connectivity index (χ2v) is 1.84. The maximum absolute atomic E-state index is 8.07. The van der Waals surface area contributed by atoms with E-state index in [1.54, 1.807) is 0 Å². The van der Waals surface area contributed by atoms with Crippen molar-refractivity contribution in [1.29, 1.82) is 0 Å². The van der Waals surface area contributed by atoms with Crippen molar-refractivity contribution in [3.63, 3.8) is 0 Å². The molecule has 0 aliphatic carbocycles. The van der Waals surface area contributed by atoms with Crippen LogP contribution < -0.4 is 0 Å². The Hall–Kier alpha value is 0.840. The van der Waals surface area contributed by atoms with Gasteiger partial charge in [-0.15, -0.1) is 0 Å². The molecule has 0 aromatic rings. The molecule has 0 amide bonds. The zero-order chi connectivity index (χ0) is 9.66. The van der Waals surface area contributed by atoms with E-state index in [0.29, 0.717) is 26.4 Å². The number of hydrogen-bond acceptors (Lipinski definition) is 4. The molecule has 4 nitrogen and oxygen atoms in total. The van der Waals surface area contributed by atoms with Gasteiger partial charge in [0.2, 0.25) is 0 Å². The fraction of sp³-hybridized carbons (Fsp3) is 1.00. The molecule has 0 aromatic heterocycles. The molecule has 0 aromatic carbocycles. The van der Waals surface area contributed by atoms with E-state index in [-0.39, 0.29) is 42.8 Å². The van der Waals surface area contributed by atoms with E-state index in [2.05, 4.69) is 0 Å². The van der Waals surface area contributed by atoms with Gasteiger partial charge in [0.15, 0.2) is 0 Å². The standard InChI is InChI=1S/2C4H10O2.Na.H/c2*1-2-6-4-3-5;;/h2*5H,2-4H2,1H3;;. The van der Waals surface area contributed by atoms with Gasteiger partial charge < -0.3 is 19.7 Å². The van der Waals surface area contributed by atoms with Crippen molar-refractivity contribution >= 4 is 29.6 Å². The second-order valence-electron chi connectivity index (χ2n) is 1.84. The van der Waals surface area contributed by atoms with E-state index in [1.165, 1.54) is 0 Å². The van der Waals surface area contributed by atoms with Crippen molar-refractivity contribution in [3.05, 3.63) is 0 Å². The van der Waals surface area contributed by atoms with Crippen molar-refractivity contribution in [3.8, 4) is 0 Å². The fourth-order valence-corrected chi connectivity index (χ4v) is 0.418. The van der Waals surface area contributed by atoms with Gasteiger partial charge in [0.1, 0.15) is 0 Å². The van der Waals surface area contributed by atoms with Crippen molar-refractivity contribution < 1.29 is 19.7 Å². The molecule has 0 aliphatic rings. The number of aliphatic hydroxyl groups is 2. The third-order valence-corrected chi connectivity index (χ3v) is 0.879. The summed E-state index contributed by atoms with van der Waals surface area (Å²) < 4.78 is 9.47. The molecule has 0 unspecified atom stereocenters. The van der Waals surface area contributed by atoms with Gasteiger partial charge in [-0.25, -0.2) is 0 Å². The van der Waals surface area contributed by atoms with Gasteiger partial charge in [-0.05, 0) is 13.8 Å². The van der Waals surface area contributed by atoms with E-state index in [0.717, 1.165) is 0 Å². The molecule has 0 saturated heterocycles. The summed E-state index contributed by atoms with van der Waals surface area (Å²) in [7, 11) is 0. The fourth-order valence-electron chi connectivity index (χ4n) is 0.418. The summed E-state index contributed by atoms with van der Waals surface area (Å²) in [5.74, 6) is 0. The first kappa shape index (κ1) is 19.4. The Labute approximate surface area is 103 Å². The molecule has 13 heavy (non-hydrogen) atoms. The van der Waals surface area contributed by atoms with Crippen molar-refractivity contribution in [2.75, 3.05) is 39.6 Å². The van der Waals surface area contributed by atoms with Crippen molar-refractivity contribution in [2.24, 2.45) is 0 Å². The Morgan fingerprint density at radius 1 is 0.846 bits per heavy atom. The SMILES string of the molecule is CCOCCO.CCOCCO.[NaH]. The van der Waals surface area contributed by atoms with Crippen LogP contribution in [0.25, 0.3) is 0 Å². The summed E-state index contributed by atoms with van der Waals surface area (Å²) >= 11 is 0. The van der Waals surface area contributed by atoms with Gasteiger partial charge in [-0.2, -0.15) is 0 Å². The predicted molar refractivity (Wildman–Crippen MR) is 54.3 cm³/mol. The van der Waals surface area contributed by atoms with E-state index in [9.17, 15) is 0 Å².